The highest BCUT2D eigenvalue weighted by molar-refractivity contribution is 5.89. The average Bonchev–Trinajstić information content (AvgIpc) is 3.15. The number of hydrogen-bond acceptors (Lipinski definition) is 4. The molecule has 0 aliphatic carbocycles. The highest BCUT2D eigenvalue weighted by Gasteiger charge is 2.27. The lowest BCUT2D eigenvalue weighted by Crippen LogP contribution is -2.42. The minimum absolute atomic E-state index is 0.0700. The monoisotopic (exact) mass is 371 g/mol. The van der Waals surface area contributed by atoms with Gasteiger partial charge >= 0.3 is 6.03 Å². The third kappa shape index (κ3) is 5.01. The summed E-state index contributed by atoms with van der Waals surface area (Å²) in [5.74, 6) is 2.08. The van der Waals surface area contributed by atoms with Gasteiger partial charge in [-0.1, -0.05) is 6.07 Å². The van der Waals surface area contributed by atoms with E-state index < -0.39 is 0 Å². The minimum atomic E-state index is -0.0700. The van der Waals surface area contributed by atoms with Gasteiger partial charge in [-0.3, -0.25) is 0 Å². The number of hydrogen-bond donors (Lipinski definition) is 1. The van der Waals surface area contributed by atoms with Gasteiger partial charge in [-0.2, -0.15) is 0 Å². The second-order valence-electron chi connectivity index (χ2n) is 7.23. The van der Waals surface area contributed by atoms with E-state index in [0.717, 1.165) is 49.7 Å². The molecule has 1 atom stereocenters. The molecule has 2 heterocycles. The summed E-state index contributed by atoms with van der Waals surface area (Å²) in [4.78, 5) is 21.4. The molecule has 1 N–H and O–H groups in total. The van der Waals surface area contributed by atoms with E-state index in [2.05, 4.69) is 33.9 Å². The van der Waals surface area contributed by atoms with Crippen molar-refractivity contribution in [1.29, 1.82) is 0 Å². The van der Waals surface area contributed by atoms with Crippen molar-refractivity contribution < 1.29 is 9.53 Å². The molecule has 0 spiro atoms. The van der Waals surface area contributed by atoms with Crippen molar-refractivity contribution in [2.75, 3.05) is 46.2 Å². The average molecular weight is 371 g/mol. The lowest BCUT2D eigenvalue weighted by molar-refractivity contribution is 0.190. The van der Waals surface area contributed by atoms with Gasteiger partial charge in [0.05, 0.1) is 7.11 Å². The molecule has 2 aromatic rings. The van der Waals surface area contributed by atoms with Crippen LogP contribution in [0.4, 0.5) is 10.5 Å². The van der Waals surface area contributed by atoms with Gasteiger partial charge in [0, 0.05) is 56.2 Å². The van der Waals surface area contributed by atoms with Crippen molar-refractivity contribution in [2.24, 2.45) is 0 Å². The summed E-state index contributed by atoms with van der Waals surface area (Å²) in [6.45, 7) is 3.34. The molecule has 1 aliphatic heterocycles. The Morgan fingerprint density at radius 3 is 3.04 bits per heavy atom. The number of likely N-dealkylation sites (N-methyl/N-ethyl adjacent to an activating group) is 1. The maximum absolute atomic E-state index is 12.7. The molecule has 146 valence electrons. The van der Waals surface area contributed by atoms with Crippen LogP contribution >= 0.6 is 0 Å². The molecule has 1 saturated heterocycles. The summed E-state index contributed by atoms with van der Waals surface area (Å²) in [7, 11) is 5.76. The van der Waals surface area contributed by atoms with Crippen LogP contribution < -0.4 is 10.1 Å². The number of ether oxygens (including phenoxy) is 1. The minimum Gasteiger partial charge on any atom is -0.497 e. The van der Waals surface area contributed by atoms with Crippen LogP contribution in [0.15, 0.2) is 36.7 Å². The zero-order valence-electron chi connectivity index (χ0n) is 16.4. The van der Waals surface area contributed by atoms with Crippen molar-refractivity contribution in [1.82, 2.24) is 19.4 Å². The van der Waals surface area contributed by atoms with Gasteiger partial charge in [-0.05, 0) is 39.1 Å². The lowest BCUT2D eigenvalue weighted by atomic mass is 9.97. The third-order valence-electron chi connectivity index (χ3n) is 4.93. The summed E-state index contributed by atoms with van der Waals surface area (Å²) in [6, 6.07) is 7.36. The van der Waals surface area contributed by atoms with E-state index in [1.807, 2.05) is 41.6 Å². The smallest absolute Gasteiger partial charge is 0.321 e. The van der Waals surface area contributed by atoms with E-state index in [1.165, 1.54) is 0 Å². The van der Waals surface area contributed by atoms with Gasteiger partial charge in [0.15, 0.2) is 0 Å². The number of methoxy groups -OCH3 is 1. The lowest BCUT2D eigenvalue weighted by Gasteiger charge is -2.32. The largest absolute Gasteiger partial charge is 0.497 e. The van der Waals surface area contributed by atoms with E-state index >= 15 is 0 Å². The predicted molar refractivity (Wildman–Crippen MR) is 106 cm³/mol. The Hall–Kier alpha value is -2.54. The van der Waals surface area contributed by atoms with Gasteiger partial charge in [0.1, 0.15) is 11.6 Å². The van der Waals surface area contributed by atoms with E-state index in [-0.39, 0.29) is 11.9 Å². The Kier molecular flexibility index (Phi) is 6.34. The summed E-state index contributed by atoms with van der Waals surface area (Å²) < 4.78 is 7.44. The van der Waals surface area contributed by atoms with Crippen molar-refractivity contribution in [3.63, 3.8) is 0 Å². The Morgan fingerprint density at radius 2 is 2.26 bits per heavy atom. The highest BCUT2D eigenvalue weighted by atomic mass is 16.5. The summed E-state index contributed by atoms with van der Waals surface area (Å²) in [6.07, 6.45) is 5.94. The normalized spacial score (nSPS) is 17.2. The van der Waals surface area contributed by atoms with Crippen LogP contribution in [-0.4, -0.2) is 66.2 Å². The Morgan fingerprint density at radius 1 is 1.41 bits per heavy atom. The number of amides is 2. The number of rotatable bonds is 6. The number of urea groups is 1. The van der Waals surface area contributed by atoms with E-state index in [9.17, 15) is 4.79 Å². The first-order valence-electron chi connectivity index (χ1n) is 9.42. The highest BCUT2D eigenvalue weighted by Crippen LogP contribution is 2.26. The van der Waals surface area contributed by atoms with Gasteiger partial charge in [0.2, 0.25) is 0 Å². The number of carbonyl (C=O) groups is 1. The second kappa shape index (κ2) is 8.90. The fourth-order valence-corrected chi connectivity index (χ4v) is 3.45. The van der Waals surface area contributed by atoms with Crippen molar-refractivity contribution in [3.8, 4) is 5.75 Å². The number of nitrogens with one attached hydrogen (secondary N) is 1. The summed E-state index contributed by atoms with van der Waals surface area (Å²) in [5.41, 5.74) is 0.744. The third-order valence-corrected chi connectivity index (χ3v) is 4.93. The zero-order chi connectivity index (χ0) is 19.2. The van der Waals surface area contributed by atoms with Crippen molar-refractivity contribution in [3.05, 3.63) is 42.5 Å². The van der Waals surface area contributed by atoms with Crippen molar-refractivity contribution >= 4 is 11.7 Å². The number of imidazole rings is 1. The Balaban J connectivity index is 1.64. The fourth-order valence-electron chi connectivity index (χ4n) is 3.45. The molecule has 2 amide bonds. The maximum Gasteiger partial charge on any atom is 0.321 e. The van der Waals surface area contributed by atoms with Crippen LogP contribution in [0, 0.1) is 0 Å². The van der Waals surface area contributed by atoms with Gasteiger partial charge in [0.25, 0.3) is 0 Å². The number of nitrogens with zero attached hydrogens (tertiary/aromatic N) is 4. The molecule has 27 heavy (non-hydrogen) atoms. The predicted octanol–water partition coefficient (Wildman–Crippen LogP) is 2.86. The topological polar surface area (TPSA) is 62.6 Å². The molecular weight excluding hydrogens is 342 g/mol. The van der Waals surface area contributed by atoms with Crippen LogP contribution in [0.25, 0.3) is 0 Å². The number of piperidine rings is 1. The molecule has 7 nitrogen and oxygen atoms in total. The SMILES string of the molecule is COc1cccc(NC(=O)N2CCC[C@H](c3nccn3CCN(C)C)C2)c1. The molecule has 3 rings (SSSR count). The van der Waals surface area contributed by atoms with Crippen LogP contribution in [-0.2, 0) is 6.54 Å². The van der Waals surface area contributed by atoms with Crippen LogP contribution in [0.3, 0.4) is 0 Å². The Labute approximate surface area is 160 Å². The van der Waals surface area contributed by atoms with Crippen LogP contribution in [0.2, 0.25) is 0 Å². The van der Waals surface area contributed by atoms with Crippen LogP contribution in [0.1, 0.15) is 24.6 Å². The van der Waals surface area contributed by atoms with Gasteiger partial charge in [-0.15, -0.1) is 0 Å². The summed E-state index contributed by atoms with van der Waals surface area (Å²) >= 11 is 0. The molecule has 1 aromatic heterocycles. The van der Waals surface area contributed by atoms with Gasteiger partial charge < -0.3 is 24.4 Å². The quantitative estimate of drug-likeness (QED) is 0.848. The number of likely N-dealkylation sites (tertiary alicyclic amines) is 1. The first-order chi connectivity index (χ1) is 13.1. The van der Waals surface area contributed by atoms with E-state index in [4.69, 9.17) is 4.74 Å². The van der Waals surface area contributed by atoms with Crippen LogP contribution in [0.5, 0.6) is 5.75 Å². The summed E-state index contributed by atoms with van der Waals surface area (Å²) in [5, 5.41) is 2.98. The second-order valence-corrected chi connectivity index (χ2v) is 7.23. The molecule has 1 fully saturated rings. The molecular formula is C20H29N5O2. The molecule has 0 saturated carbocycles. The molecule has 1 aliphatic rings. The van der Waals surface area contributed by atoms with Gasteiger partial charge in [-0.25, -0.2) is 9.78 Å². The molecule has 0 unspecified atom stereocenters. The number of benzene rings is 1. The number of anilines is 1. The van der Waals surface area contributed by atoms with E-state index in [1.54, 1.807) is 7.11 Å². The number of aromatic nitrogens is 2. The standard InChI is InChI=1S/C20H29N5O2/c1-23(2)12-13-24-11-9-21-19(24)16-6-5-10-25(15-16)20(26)22-17-7-4-8-18(14-17)27-3/h4,7-9,11,14,16H,5-6,10,12-13,15H2,1-3H3,(H,22,26)/t16-/m0/s1. The molecule has 7 heteroatoms. The number of carbonyl (C=O) groups excluding carboxylic acids is 1. The molecule has 1 aromatic carbocycles. The molecule has 0 bridgehead atoms. The molecule has 0 radical (unpaired) electrons. The first-order valence-corrected chi connectivity index (χ1v) is 9.42. The zero-order valence-corrected chi connectivity index (χ0v) is 16.4. The Bertz CT molecular complexity index is 758. The first kappa shape index (κ1) is 19.2. The maximum atomic E-state index is 12.7. The van der Waals surface area contributed by atoms with E-state index in [0.29, 0.717) is 6.54 Å². The van der Waals surface area contributed by atoms with Crippen molar-refractivity contribution in [2.45, 2.75) is 25.3 Å². The fraction of sp³-hybridized carbons (Fsp3) is 0.500.